The van der Waals surface area contributed by atoms with Crippen LogP contribution in [0.4, 0.5) is 10.1 Å². The van der Waals surface area contributed by atoms with Gasteiger partial charge in [0, 0.05) is 6.20 Å². The summed E-state index contributed by atoms with van der Waals surface area (Å²) in [6, 6.07) is 5.92. The van der Waals surface area contributed by atoms with Crippen LogP contribution in [-0.2, 0) is 0 Å². The van der Waals surface area contributed by atoms with E-state index < -0.39 is 16.4 Å². The zero-order valence-corrected chi connectivity index (χ0v) is 10.4. The van der Waals surface area contributed by atoms with E-state index in [9.17, 15) is 19.3 Å². The molecule has 0 aliphatic carbocycles. The third kappa shape index (κ3) is 2.77. The SMILES string of the molecule is CC(=O)c1cccnc1Oc1ccc(F)cc1[N+](=O)[O-]. The van der Waals surface area contributed by atoms with Crippen molar-refractivity contribution in [1.29, 1.82) is 0 Å². The number of carbonyl (C=O) groups is 1. The molecule has 0 aliphatic rings. The molecule has 6 nitrogen and oxygen atoms in total. The van der Waals surface area contributed by atoms with Crippen LogP contribution in [0, 0.1) is 15.9 Å². The molecule has 0 spiro atoms. The highest BCUT2D eigenvalue weighted by Crippen LogP contribution is 2.32. The largest absolute Gasteiger partial charge is 0.431 e. The van der Waals surface area contributed by atoms with Gasteiger partial charge < -0.3 is 4.74 Å². The molecule has 0 radical (unpaired) electrons. The predicted octanol–water partition coefficient (Wildman–Crippen LogP) is 3.12. The molecule has 1 aromatic heterocycles. The Labute approximate surface area is 113 Å². The minimum atomic E-state index is -0.769. The fourth-order valence-electron chi connectivity index (χ4n) is 1.56. The molecule has 0 atom stereocenters. The number of carbonyl (C=O) groups excluding carboxylic acids is 1. The number of halogens is 1. The molecule has 0 saturated carbocycles. The number of ketones is 1. The molecule has 0 aliphatic heterocycles. The molecule has 20 heavy (non-hydrogen) atoms. The number of hydrogen-bond donors (Lipinski definition) is 0. The first-order valence-corrected chi connectivity index (χ1v) is 5.57. The average Bonchev–Trinajstić information content (AvgIpc) is 2.41. The first-order chi connectivity index (χ1) is 9.49. The number of hydrogen-bond acceptors (Lipinski definition) is 5. The monoisotopic (exact) mass is 276 g/mol. The van der Waals surface area contributed by atoms with Gasteiger partial charge in [-0.05, 0) is 31.2 Å². The molecule has 0 N–H and O–H groups in total. The van der Waals surface area contributed by atoms with Crippen LogP contribution in [0.5, 0.6) is 11.6 Å². The molecule has 0 saturated heterocycles. The Kier molecular flexibility index (Phi) is 3.69. The van der Waals surface area contributed by atoms with E-state index >= 15 is 0 Å². The van der Waals surface area contributed by atoms with Gasteiger partial charge in [0.1, 0.15) is 5.82 Å². The second-order valence-corrected chi connectivity index (χ2v) is 3.88. The van der Waals surface area contributed by atoms with Crippen LogP contribution in [0.1, 0.15) is 17.3 Å². The lowest BCUT2D eigenvalue weighted by Gasteiger charge is -2.08. The maximum absolute atomic E-state index is 13.0. The number of pyridine rings is 1. The van der Waals surface area contributed by atoms with Gasteiger partial charge in [0.05, 0.1) is 16.6 Å². The van der Waals surface area contributed by atoms with Crippen molar-refractivity contribution in [2.45, 2.75) is 6.92 Å². The van der Waals surface area contributed by atoms with Crippen LogP contribution in [0.3, 0.4) is 0 Å². The lowest BCUT2D eigenvalue weighted by Crippen LogP contribution is -2.01. The molecule has 2 aromatic rings. The molecule has 1 aromatic carbocycles. The Morgan fingerprint density at radius 1 is 1.40 bits per heavy atom. The van der Waals surface area contributed by atoms with E-state index in [1.165, 1.54) is 19.2 Å². The van der Waals surface area contributed by atoms with E-state index in [4.69, 9.17) is 4.74 Å². The molecule has 0 fully saturated rings. The highest BCUT2D eigenvalue weighted by molar-refractivity contribution is 5.96. The third-order valence-corrected chi connectivity index (χ3v) is 2.47. The van der Waals surface area contributed by atoms with Crippen LogP contribution < -0.4 is 4.74 Å². The standard InChI is InChI=1S/C13H9FN2O4/c1-8(17)10-3-2-6-15-13(10)20-12-5-4-9(14)7-11(12)16(18)19/h2-7H,1H3. The smallest absolute Gasteiger partial charge is 0.314 e. The highest BCUT2D eigenvalue weighted by Gasteiger charge is 2.19. The Balaban J connectivity index is 2.45. The molecule has 102 valence electrons. The normalized spacial score (nSPS) is 10.1. The zero-order chi connectivity index (χ0) is 14.7. The Bertz CT molecular complexity index is 688. The third-order valence-electron chi connectivity index (χ3n) is 2.47. The summed E-state index contributed by atoms with van der Waals surface area (Å²) in [6.45, 7) is 1.32. The van der Waals surface area contributed by atoms with Gasteiger partial charge in [-0.3, -0.25) is 14.9 Å². The molecule has 1 heterocycles. The minimum Gasteiger partial charge on any atom is -0.431 e. The number of nitrogens with zero attached hydrogens (tertiary/aromatic N) is 2. The van der Waals surface area contributed by atoms with Crippen molar-refractivity contribution < 1.29 is 18.8 Å². The lowest BCUT2D eigenvalue weighted by atomic mass is 10.2. The van der Waals surface area contributed by atoms with Crippen molar-refractivity contribution in [3.63, 3.8) is 0 Å². The number of aromatic nitrogens is 1. The maximum atomic E-state index is 13.0. The molecular formula is C13H9FN2O4. The van der Waals surface area contributed by atoms with E-state index in [1.807, 2.05) is 0 Å². The highest BCUT2D eigenvalue weighted by atomic mass is 19.1. The number of benzene rings is 1. The summed E-state index contributed by atoms with van der Waals surface area (Å²) < 4.78 is 18.3. The van der Waals surface area contributed by atoms with E-state index in [0.29, 0.717) is 0 Å². The van der Waals surface area contributed by atoms with Gasteiger partial charge in [0.2, 0.25) is 11.6 Å². The first kappa shape index (κ1) is 13.6. The number of ether oxygens (including phenoxy) is 1. The summed E-state index contributed by atoms with van der Waals surface area (Å²) in [5.74, 6) is -1.29. The van der Waals surface area contributed by atoms with Crippen LogP contribution in [0.2, 0.25) is 0 Å². The van der Waals surface area contributed by atoms with Gasteiger partial charge >= 0.3 is 5.69 Å². The van der Waals surface area contributed by atoms with Gasteiger partial charge in [-0.1, -0.05) is 0 Å². The summed E-state index contributed by atoms with van der Waals surface area (Å²) in [7, 11) is 0. The van der Waals surface area contributed by atoms with E-state index in [1.54, 1.807) is 6.07 Å². The van der Waals surface area contributed by atoms with Crippen molar-refractivity contribution >= 4 is 11.5 Å². The van der Waals surface area contributed by atoms with Gasteiger partial charge in [0.25, 0.3) is 0 Å². The van der Waals surface area contributed by atoms with Crippen molar-refractivity contribution in [2.24, 2.45) is 0 Å². The molecule has 0 amide bonds. The summed E-state index contributed by atoms with van der Waals surface area (Å²) >= 11 is 0. The van der Waals surface area contributed by atoms with E-state index in [2.05, 4.69) is 4.98 Å². The van der Waals surface area contributed by atoms with Crippen LogP contribution in [0.15, 0.2) is 36.5 Å². The summed E-state index contributed by atoms with van der Waals surface area (Å²) in [6.07, 6.45) is 1.39. The van der Waals surface area contributed by atoms with Crippen LogP contribution >= 0.6 is 0 Å². The van der Waals surface area contributed by atoms with Crippen molar-refractivity contribution in [3.05, 3.63) is 58.0 Å². The molecule has 0 bridgehead atoms. The van der Waals surface area contributed by atoms with Gasteiger partial charge in [-0.25, -0.2) is 9.37 Å². The second kappa shape index (κ2) is 5.43. The Hall–Kier alpha value is -2.83. The summed E-state index contributed by atoms with van der Waals surface area (Å²) in [5, 5.41) is 10.9. The molecule has 2 rings (SSSR count). The van der Waals surface area contributed by atoms with Crippen LogP contribution in [0.25, 0.3) is 0 Å². The first-order valence-electron chi connectivity index (χ1n) is 5.57. The maximum Gasteiger partial charge on any atom is 0.314 e. The topological polar surface area (TPSA) is 82.3 Å². The predicted molar refractivity (Wildman–Crippen MR) is 67.4 cm³/mol. The molecule has 0 unspecified atom stereocenters. The lowest BCUT2D eigenvalue weighted by molar-refractivity contribution is -0.385. The molecular weight excluding hydrogens is 267 g/mol. The number of rotatable bonds is 4. The fraction of sp³-hybridized carbons (Fsp3) is 0.0769. The van der Waals surface area contributed by atoms with Gasteiger partial charge in [0.15, 0.2) is 5.78 Å². The number of nitro benzene ring substituents is 1. The van der Waals surface area contributed by atoms with Crippen molar-refractivity contribution in [1.82, 2.24) is 4.98 Å². The Morgan fingerprint density at radius 2 is 2.15 bits per heavy atom. The summed E-state index contributed by atoms with van der Waals surface area (Å²) in [5.41, 5.74) is -0.351. The minimum absolute atomic E-state index is 0.0605. The summed E-state index contributed by atoms with van der Waals surface area (Å²) in [4.78, 5) is 25.4. The van der Waals surface area contributed by atoms with E-state index in [0.717, 1.165) is 18.2 Å². The van der Waals surface area contributed by atoms with Gasteiger partial charge in [-0.2, -0.15) is 0 Å². The average molecular weight is 276 g/mol. The van der Waals surface area contributed by atoms with Crippen molar-refractivity contribution in [3.8, 4) is 11.6 Å². The second-order valence-electron chi connectivity index (χ2n) is 3.88. The van der Waals surface area contributed by atoms with Crippen LogP contribution in [-0.4, -0.2) is 15.7 Å². The number of nitro groups is 1. The Morgan fingerprint density at radius 3 is 2.80 bits per heavy atom. The fourth-order valence-corrected chi connectivity index (χ4v) is 1.56. The zero-order valence-electron chi connectivity index (χ0n) is 10.4. The van der Waals surface area contributed by atoms with Gasteiger partial charge in [-0.15, -0.1) is 0 Å². The quantitative estimate of drug-likeness (QED) is 0.486. The van der Waals surface area contributed by atoms with E-state index in [-0.39, 0.29) is 23.0 Å². The van der Waals surface area contributed by atoms with Crippen molar-refractivity contribution in [2.75, 3.05) is 0 Å². The number of Topliss-reactive ketones (excluding diaryl/α,β-unsaturated/α-hetero) is 1. The molecule has 7 heteroatoms.